The van der Waals surface area contributed by atoms with E-state index < -0.39 is 0 Å². The second-order valence-electron chi connectivity index (χ2n) is 6.25. The first-order chi connectivity index (χ1) is 13.7. The maximum atomic E-state index is 12.3. The normalized spacial score (nSPS) is 11.0. The Hall–Kier alpha value is -3.86. The molecule has 5 heteroatoms. The minimum absolute atomic E-state index is 0.215. The number of aromatic nitrogens is 2. The topological polar surface area (TPSA) is 67.0 Å². The summed E-state index contributed by atoms with van der Waals surface area (Å²) in [6.07, 6.45) is 3.23. The van der Waals surface area contributed by atoms with E-state index in [-0.39, 0.29) is 5.91 Å². The summed E-state index contributed by atoms with van der Waals surface area (Å²) in [5.41, 5.74) is 4.34. The molecule has 138 valence electrons. The van der Waals surface area contributed by atoms with E-state index >= 15 is 0 Å². The van der Waals surface area contributed by atoms with Gasteiger partial charge in [-0.25, -0.2) is 4.98 Å². The quantitative estimate of drug-likeness (QED) is 0.492. The average Bonchev–Trinajstić information content (AvgIpc) is 3.17. The molecule has 4 aromatic rings. The molecule has 0 spiro atoms. The summed E-state index contributed by atoms with van der Waals surface area (Å²) in [6.45, 7) is 0. The van der Waals surface area contributed by atoms with Crippen LogP contribution in [0.4, 0.5) is 5.69 Å². The largest absolute Gasteiger partial charge is 0.496 e. The molecule has 0 fully saturated rings. The van der Waals surface area contributed by atoms with Crippen molar-refractivity contribution in [2.75, 3.05) is 12.4 Å². The van der Waals surface area contributed by atoms with Gasteiger partial charge in [-0.15, -0.1) is 0 Å². The number of fused-ring (bicyclic) bond motifs is 1. The van der Waals surface area contributed by atoms with Crippen molar-refractivity contribution in [3.8, 4) is 17.1 Å². The highest BCUT2D eigenvalue weighted by Crippen LogP contribution is 2.23. The zero-order chi connectivity index (χ0) is 19.3. The highest BCUT2D eigenvalue weighted by atomic mass is 16.5. The number of anilines is 1. The van der Waals surface area contributed by atoms with Crippen molar-refractivity contribution in [1.29, 1.82) is 0 Å². The molecular weight excluding hydrogens is 350 g/mol. The minimum atomic E-state index is -0.215. The molecule has 0 aliphatic rings. The van der Waals surface area contributed by atoms with Gasteiger partial charge in [0.25, 0.3) is 0 Å². The summed E-state index contributed by atoms with van der Waals surface area (Å²) in [6, 6.07) is 23.0. The van der Waals surface area contributed by atoms with Crippen LogP contribution in [-0.4, -0.2) is 23.0 Å². The van der Waals surface area contributed by atoms with Gasteiger partial charge in [0, 0.05) is 22.9 Å². The van der Waals surface area contributed by atoms with E-state index in [0.29, 0.717) is 5.69 Å². The average molecular weight is 369 g/mol. The van der Waals surface area contributed by atoms with Gasteiger partial charge in [-0.3, -0.25) is 4.79 Å². The van der Waals surface area contributed by atoms with Crippen molar-refractivity contribution in [2.24, 2.45) is 0 Å². The molecule has 1 heterocycles. The number of hydrogen-bond acceptors (Lipinski definition) is 3. The van der Waals surface area contributed by atoms with E-state index in [1.807, 2.05) is 72.8 Å². The highest BCUT2D eigenvalue weighted by molar-refractivity contribution is 6.02. The molecule has 2 N–H and O–H groups in total. The molecule has 0 aliphatic heterocycles. The predicted molar refractivity (Wildman–Crippen MR) is 112 cm³/mol. The SMILES string of the molecule is COc1ccccc1/C=C/C(=O)Nc1cccc(-c2nc3ccccc3[nH]2)c1. The Morgan fingerprint density at radius 2 is 1.86 bits per heavy atom. The summed E-state index contributed by atoms with van der Waals surface area (Å²) in [5, 5.41) is 2.89. The third kappa shape index (κ3) is 3.78. The summed E-state index contributed by atoms with van der Waals surface area (Å²) in [4.78, 5) is 20.2. The Bertz CT molecular complexity index is 1130. The number of ether oxygens (including phenoxy) is 1. The standard InChI is InChI=1S/C23H19N3O2/c1-28-21-12-5-2-7-16(21)13-14-22(27)24-18-9-6-8-17(15-18)23-25-19-10-3-4-11-20(19)26-23/h2-15H,1H3,(H,24,27)(H,25,26)/b14-13+. The Balaban J connectivity index is 1.51. The zero-order valence-corrected chi connectivity index (χ0v) is 15.3. The van der Waals surface area contributed by atoms with E-state index in [0.717, 1.165) is 33.7 Å². The van der Waals surface area contributed by atoms with Gasteiger partial charge in [-0.1, -0.05) is 42.5 Å². The lowest BCUT2D eigenvalue weighted by Crippen LogP contribution is -2.07. The highest BCUT2D eigenvalue weighted by Gasteiger charge is 2.06. The molecule has 0 atom stereocenters. The van der Waals surface area contributed by atoms with Gasteiger partial charge >= 0.3 is 0 Å². The summed E-state index contributed by atoms with van der Waals surface area (Å²) in [7, 11) is 1.61. The number of hydrogen-bond donors (Lipinski definition) is 2. The molecule has 3 aromatic carbocycles. The Kier molecular flexibility index (Phi) is 4.89. The van der Waals surface area contributed by atoms with Crippen LogP contribution in [-0.2, 0) is 4.79 Å². The van der Waals surface area contributed by atoms with Crippen molar-refractivity contribution < 1.29 is 9.53 Å². The second kappa shape index (κ2) is 7.80. The van der Waals surface area contributed by atoms with E-state index in [2.05, 4.69) is 15.3 Å². The first kappa shape index (κ1) is 17.5. The number of methoxy groups -OCH3 is 1. The Labute approximate surface area is 162 Å². The van der Waals surface area contributed by atoms with E-state index in [4.69, 9.17) is 4.74 Å². The van der Waals surface area contributed by atoms with E-state index in [9.17, 15) is 4.79 Å². The lowest BCUT2D eigenvalue weighted by molar-refractivity contribution is -0.111. The van der Waals surface area contributed by atoms with Gasteiger partial charge in [0.15, 0.2) is 0 Å². The number of carbonyl (C=O) groups is 1. The number of nitrogens with one attached hydrogen (secondary N) is 2. The van der Waals surface area contributed by atoms with Crippen molar-refractivity contribution in [3.63, 3.8) is 0 Å². The number of H-pyrrole nitrogens is 1. The Morgan fingerprint density at radius 1 is 1.04 bits per heavy atom. The van der Waals surface area contributed by atoms with Crippen LogP contribution in [0.25, 0.3) is 28.5 Å². The molecular formula is C23H19N3O2. The summed E-state index contributed by atoms with van der Waals surface area (Å²) in [5.74, 6) is 1.27. The summed E-state index contributed by atoms with van der Waals surface area (Å²) >= 11 is 0. The molecule has 1 aromatic heterocycles. The third-order valence-corrected chi connectivity index (χ3v) is 4.35. The van der Waals surface area contributed by atoms with Gasteiger partial charge in [0.2, 0.25) is 5.91 Å². The van der Waals surface area contributed by atoms with Gasteiger partial charge < -0.3 is 15.0 Å². The van der Waals surface area contributed by atoms with Crippen molar-refractivity contribution >= 4 is 28.7 Å². The smallest absolute Gasteiger partial charge is 0.248 e. The van der Waals surface area contributed by atoms with Crippen molar-refractivity contribution in [2.45, 2.75) is 0 Å². The number of carbonyl (C=O) groups excluding carboxylic acids is 1. The molecule has 0 saturated heterocycles. The first-order valence-electron chi connectivity index (χ1n) is 8.90. The van der Waals surface area contributed by atoms with Gasteiger partial charge in [-0.2, -0.15) is 0 Å². The maximum absolute atomic E-state index is 12.3. The number of aromatic amines is 1. The van der Waals surface area contributed by atoms with Gasteiger partial charge in [-0.05, 0) is 36.4 Å². The fraction of sp³-hybridized carbons (Fsp3) is 0.0435. The van der Waals surface area contributed by atoms with Crippen molar-refractivity contribution in [3.05, 3.63) is 84.4 Å². The Morgan fingerprint density at radius 3 is 2.71 bits per heavy atom. The lowest BCUT2D eigenvalue weighted by atomic mass is 10.1. The molecule has 0 saturated carbocycles. The van der Waals surface area contributed by atoms with Crippen molar-refractivity contribution in [1.82, 2.24) is 9.97 Å². The number of rotatable bonds is 5. The molecule has 0 aliphatic carbocycles. The first-order valence-corrected chi connectivity index (χ1v) is 8.90. The number of para-hydroxylation sites is 3. The van der Waals surface area contributed by atoms with Crippen LogP contribution in [0.15, 0.2) is 78.9 Å². The van der Waals surface area contributed by atoms with Crippen LogP contribution in [0, 0.1) is 0 Å². The number of amides is 1. The lowest BCUT2D eigenvalue weighted by Gasteiger charge is -2.05. The van der Waals surface area contributed by atoms with Crippen LogP contribution in [0.1, 0.15) is 5.56 Å². The fourth-order valence-electron chi connectivity index (χ4n) is 2.99. The van der Waals surface area contributed by atoms with Crippen LogP contribution >= 0.6 is 0 Å². The molecule has 28 heavy (non-hydrogen) atoms. The predicted octanol–water partition coefficient (Wildman–Crippen LogP) is 4.89. The maximum Gasteiger partial charge on any atom is 0.248 e. The second-order valence-corrected chi connectivity index (χ2v) is 6.25. The number of imidazole rings is 1. The molecule has 1 amide bonds. The fourth-order valence-corrected chi connectivity index (χ4v) is 2.99. The van der Waals surface area contributed by atoms with Crippen LogP contribution < -0.4 is 10.1 Å². The monoisotopic (exact) mass is 369 g/mol. The number of nitrogens with zero attached hydrogens (tertiary/aromatic N) is 1. The zero-order valence-electron chi connectivity index (χ0n) is 15.3. The van der Waals surface area contributed by atoms with E-state index in [1.54, 1.807) is 13.2 Å². The van der Waals surface area contributed by atoms with Gasteiger partial charge in [0.05, 0.1) is 18.1 Å². The van der Waals surface area contributed by atoms with Crippen LogP contribution in [0.3, 0.4) is 0 Å². The minimum Gasteiger partial charge on any atom is -0.496 e. The summed E-state index contributed by atoms with van der Waals surface area (Å²) < 4.78 is 5.29. The van der Waals surface area contributed by atoms with E-state index in [1.165, 1.54) is 6.08 Å². The molecule has 0 bridgehead atoms. The molecule has 5 nitrogen and oxygen atoms in total. The third-order valence-electron chi connectivity index (χ3n) is 4.35. The molecule has 0 unspecified atom stereocenters. The number of benzene rings is 3. The van der Waals surface area contributed by atoms with Crippen LogP contribution in [0.5, 0.6) is 5.75 Å². The molecule has 4 rings (SSSR count). The van der Waals surface area contributed by atoms with Gasteiger partial charge in [0.1, 0.15) is 11.6 Å². The molecule has 0 radical (unpaired) electrons. The van der Waals surface area contributed by atoms with Crippen LogP contribution in [0.2, 0.25) is 0 Å².